The van der Waals surface area contributed by atoms with Gasteiger partial charge in [-0.15, -0.1) is 0 Å². The van der Waals surface area contributed by atoms with Gasteiger partial charge in [-0.05, 0) is 48.7 Å². The first-order chi connectivity index (χ1) is 10.2. The second-order valence-corrected chi connectivity index (χ2v) is 5.52. The van der Waals surface area contributed by atoms with Gasteiger partial charge in [-0.2, -0.15) is 0 Å². The van der Waals surface area contributed by atoms with Crippen LogP contribution in [-0.4, -0.2) is 13.7 Å². The molecule has 3 rings (SSSR count). The molecule has 110 valence electrons. The number of aryl methyl sites for hydroxylation is 1. The van der Waals surface area contributed by atoms with Crippen molar-refractivity contribution in [3.05, 3.63) is 70.5 Å². The molecular weight excluding hydrogens is 265 g/mol. The molecule has 2 unspecified atom stereocenters. The Kier molecular flexibility index (Phi) is 4.04. The number of likely N-dealkylation sites (N-methyl/N-ethyl adjacent to an activating group) is 1. The van der Waals surface area contributed by atoms with E-state index in [0.29, 0.717) is 5.56 Å². The van der Waals surface area contributed by atoms with Gasteiger partial charge in [-0.25, -0.2) is 4.39 Å². The highest BCUT2D eigenvalue weighted by atomic mass is 19.1. The molecule has 0 aliphatic carbocycles. The predicted octanol–water partition coefficient (Wildman–Crippen LogP) is 3.71. The van der Waals surface area contributed by atoms with Crippen molar-refractivity contribution >= 4 is 0 Å². The van der Waals surface area contributed by atoms with E-state index in [1.165, 1.54) is 17.2 Å². The summed E-state index contributed by atoms with van der Waals surface area (Å²) < 4.78 is 19.5. The summed E-state index contributed by atoms with van der Waals surface area (Å²) in [6, 6.07) is 13.7. The van der Waals surface area contributed by atoms with E-state index in [1.807, 2.05) is 25.2 Å². The summed E-state index contributed by atoms with van der Waals surface area (Å²) in [7, 11) is 1.92. The summed E-state index contributed by atoms with van der Waals surface area (Å²) >= 11 is 0. The lowest BCUT2D eigenvalue weighted by Crippen LogP contribution is -2.29. The molecule has 0 saturated heterocycles. The highest BCUT2D eigenvalue weighted by Gasteiger charge is 2.29. The Labute approximate surface area is 125 Å². The number of hydrogen-bond acceptors (Lipinski definition) is 2. The van der Waals surface area contributed by atoms with Crippen molar-refractivity contribution in [2.75, 3.05) is 13.7 Å². The first kappa shape index (κ1) is 14.2. The molecule has 0 radical (unpaired) electrons. The lowest BCUT2D eigenvalue weighted by atomic mass is 9.89. The first-order valence-corrected chi connectivity index (χ1v) is 7.33. The Morgan fingerprint density at radius 2 is 2.05 bits per heavy atom. The van der Waals surface area contributed by atoms with Crippen molar-refractivity contribution in [3.8, 4) is 0 Å². The minimum Gasteiger partial charge on any atom is -0.371 e. The second kappa shape index (κ2) is 5.96. The zero-order valence-corrected chi connectivity index (χ0v) is 12.4. The molecule has 0 aromatic heterocycles. The average molecular weight is 285 g/mol. The zero-order valence-electron chi connectivity index (χ0n) is 12.4. The summed E-state index contributed by atoms with van der Waals surface area (Å²) in [5, 5.41) is 3.33. The normalized spacial score (nSPS) is 19.1. The van der Waals surface area contributed by atoms with Crippen LogP contribution < -0.4 is 5.32 Å². The van der Waals surface area contributed by atoms with E-state index in [9.17, 15) is 4.39 Å². The van der Waals surface area contributed by atoms with Gasteiger partial charge in [0.25, 0.3) is 0 Å². The monoisotopic (exact) mass is 285 g/mol. The molecule has 0 saturated carbocycles. The van der Waals surface area contributed by atoms with Crippen LogP contribution in [0.3, 0.4) is 0 Å². The van der Waals surface area contributed by atoms with Gasteiger partial charge in [-0.3, -0.25) is 0 Å². The Balaban J connectivity index is 1.99. The van der Waals surface area contributed by atoms with Crippen LogP contribution in [0.5, 0.6) is 0 Å². The van der Waals surface area contributed by atoms with Crippen molar-refractivity contribution in [1.29, 1.82) is 0 Å². The van der Waals surface area contributed by atoms with E-state index < -0.39 is 0 Å². The highest BCUT2D eigenvalue weighted by molar-refractivity contribution is 5.35. The molecule has 3 heteroatoms. The van der Waals surface area contributed by atoms with E-state index in [2.05, 4.69) is 23.5 Å². The van der Waals surface area contributed by atoms with E-state index in [1.54, 1.807) is 6.92 Å². The van der Waals surface area contributed by atoms with Crippen molar-refractivity contribution in [1.82, 2.24) is 5.32 Å². The lowest BCUT2D eigenvalue weighted by Gasteiger charge is -2.32. The number of ether oxygens (including phenoxy) is 1. The number of hydrogen-bond donors (Lipinski definition) is 1. The van der Waals surface area contributed by atoms with Crippen molar-refractivity contribution in [2.45, 2.75) is 25.5 Å². The summed E-state index contributed by atoms with van der Waals surface area (Å²) in [6.07, 6.45) is 0.913. The maximum absolute atomic E-state index is 13.5. The van der Waals surface area contributed by atoms with E-state index in [0.717, 1.165) is 18.6 Å². The Morgan fingerprint density at radius 1 is 1.24 bits per heavy atom. The molecule has 0 amide bonds. The third-order valence-corrected chi connectivity index (χ3v) is 4.19. The topological polar surface area (TPSA) is 21.3 Å². The molecule has 0 fully saturated rings. The minimum absolute atomic E-state index is 0.0192. The second-order valence-electron chi connectivity index (χ2n) is 5.52. The van der Waals surface area contributed by atoms with Crippen LogP contribution in [0.4, 0.5) is 4.39 Å². The van der Waals surface area contributed by atoms with Gasteiger partial charge in [0.15, 0.2) is 0 Å². The predicted molar refractivity (Wildman–Crippen MR) is 81.8 cm³/mol. The van der Waals surface area contributed by atoms with Crippen molar-refractivity contribution in [3.63, 3.8) is 0 Å². The van der Waals surface area contributed by atoms with Gasteiger partial charge in [0.1, 0.15) is 11.9 Å². The van der Waals surface area contributed by atoms with Crippen LogP contribution in [0, 0.1) is 12.7 Å². The lowest BCUT2D eigenvalue weighted by molar-refractivity contribution is 0.0165. The van der Waals surface area contributed by atoms with Gasteiger partial charge >= 0.3 is 0 Å². The fourth-order valence-corrected chi connectivity index (χ4v) is 3.06. The highest BCUT2D eigenvalue weighted by Crippen LogP contribution is 2.37. The Hall–Kier alpha value is -1.71. The summed E-state index contributed by atoms with van der Waals surface area (Å²) in [4.78, 5) is 0. The van der Waals surface area contributed by atoms with Gasteiger partial charge < -0.3 is 10.1 Å². The van der Waals surface area contributed by atoms with Crippen LogP contribution in [0.1, 0.15) is 34.4 Å². The Bertz CT molecular complexity index is 641. The van der Waals surface area contributed by atoms with Crippen LogP contribution in [0.25, 0.3) is 0 Å². The summed E-state index contributed by atoms with van der Waals surface area (Å²) in [5.74, 6) is -0.168. The van der Waals surface area contributed by atoms with E-state index in [4.69, 9.17) is 4.74 Å². The molecule has 0 bridgehead atoms. The van der Waals surface area contributed by atoms with Gasteiger partial charge in [0.05, 0.1) is 12.6 Å². The molecule has 2 atom stereocenters. The number of halogens is 1. The van der Waals surface area contributed by atoms with Crippen molar-refractivity contribution in [2.24, 2.45) is 0 Å². The molecule has 2 aromatic rings. The SMILES string of the molecule is CNC(c1ccc(F)c(C)c1)C1OCCc2ccccc21. The summed E-state index contributed by atoms with van der Waals surface area (Å²) in [5.41, 5.74) is 4.29. The molecule has 2 aromatic carbocycles. The molecule has 1 N–H and O–H groups in total. The third-order valence-electron chi connectivity index (χ3n) is 4.19. The standard InChI is InChI=1S/C18H20FNO/c1-12-11-14(7-8-16(12)19)17(20-2)18-15-6-4-3-5-13(15)9-10-21-18/h3-8,11,17-18,20H,9-10H2,1-2H3. The fourth-order valence-electron chi connectivity index (χ4n) is 3.06. The number of benzene rings is 2. The maximum Gasteiger partial charge on any atom is 0.126 e. The number of rotatable bonds is 3. The zero-order chi connectivity index (χ0) is 14.8. The van der Waals surface area contributed by atoms with Crippen LogP contribution in [0.2, 0.25) is 0 Å². The largest absolute Gasteiger partial charge is 0.371 e. The quantitative estimate of drug-likeness (QED) is 0.928. The molecule has 21 heavy (non-hydrogen) atoms. The van der Waals surface area contributed by atoms with Gasteiger partial charge in [-0.1, -0.05) is 36.4 Å². The van der Waals surface area contributed by atoms with E-state index >= 15 is 0 Å². The van der Waals surface area contributed by atoms with Gasteiger partial charge in [0.2, 0.25) is 0 Å². The molecule has 1 heterocycles. The minimum atomic E-state index is -0.168. The van der Waals surface area contributed by atoms with E-state index in [-0.39, 0.29) is 18.0 Å². The smallest absolute Gasteiger partial charge is 0.126 e. The van der Waals surface area contributed by atoms with Crippen LogP contribution in [-0.2, 0) is 11.2 Å². The van der Waals surface area contributed by atoms with Crippen LogP contribution >= 0.6 is 0 Å². The number of nitrogens with one attached hydrogen (secondary N) is 1. The molecule has 1 aliphatic rings. The maximum atomic E-state index is 13.5. The third kappa shape index (κ3) is 2.71. The molecular formula is C18H20FNO. The fraction of sp³-hybridized carbons (Fsp3) is 0.333. The summed E-state index contributed by atoms with van der Waals surface area (Å²) in [6.45, 7) is 2.52. The van der Waals surface area contributed by atoms with Crippen LogP contribution in [0.15, 0.2) is 42.5 Å². The average Bonchev–Trinajstić information content (AvgIpc) is 2.52. The number of fused-ring (bicyclic) bond motifs is 1. The van der Waals surface area contributed by atoms with Crippen molar-refractivity contribution < 1.29 is 9.13 Å². The molecule has 2 nitrogen and oxygen atoms in total. The van der Waals surface area contributed by atoms with Gasteiger partial charge in [0, 0.05) is 0 Å². The first-order valence-electron chi connectivity index (χ1n) is 7.33. The Morgan fingerprint density at radius 3 is 2.81 bits per heavy atom. The molecule has 1 aliphatic heterocycles. The molecule has 0 spiro atoms.